The molecule has 2 aromatic rings. The van der Waals surface area contributed by atoms with E-state index in [0.717, 1.165) is 18.4 Å². The van der Waals surface area contributed by atoms with Gasteiger partial charge in [0.25, 0.3) is 0 Å². The minimum Gasteiger partial charge on any atom is -0.480 e. The standard InChI is InChI=1S/C17H18N2O4/c20-15(19-9-5-4-8-14(19)17(21)22)10-13-11-23-16(18-13)12-6-2-1-3-7-12/h1-3,6-7,11,14H,4-5,8-10H2,(H,21,22)/t14-/m1/s1. The molecule has 1 saturated heterocycles. The van der Waals surface area contributed by atoms with Gasteiger partial charge in [0.05, 0.1) is 12.1 Å². The molecule has 1 aromatic carbocycles. The average Bonchev–Trinajstić information content (AvgIpc) is 3.04. The van der Waals surface area contributed by atoms with Gasteiger partial charge in [0.15, 0.2) is 0 Å². The third-order valence-corrected chi connectivity index (χ3v) is 4.01. The molecule has 120 valence electrons. The number of carboxylic acid groups (broad SMARTS) is 1. The lowest BCUT2D eigenvalue weighted by Crippen LogP contribution is -2.48. The summed E-state index contributed by atoms with van der Waals surface area (Å²) < 4.78 is 5.42. The number of likely N-dealkylation sites (tertiary alicyclic amines) is 1. The van der Waals surface area contributed by atoms with Crippen LogP contribution in [0.2, 0.25) is 0 Å². The number of oxazole rings is 1. The third-order valence-electron chi connectivity index (χ3n) is 4.01. The lowest BCUT2D eigenvalue weighted by Gasteiger charge is -2.32. The smallest absolute Gasteiger partial charge is 0.326 e. The van der Waals surface area contributed by atoms with E-state index in [4.69, 9.17) is 4.42 Å². The molecule has 0 aliphatic carbocycles. The van der Waals surface area contributed by atoms with Crippen LogP contribution in [0.3, 0.4) is 0 Å². The lowest BCUT2D eigenvalue weighted by atomic mass is 10.0. The number of rotatable bonds is 4. The SMILES string of the molecule is O=C(O)[C@H]1CCCCN1C(=O)Cc1coc(-c2ccccc2)n1. The van der Waals surface area contributed by atoms with Crippen molar-refractivity contribution in [2.75, 3.05) is 6.54 Å². The first-order valence-electron chi connectivity index (χ1n) is 7.67. The highest BCUT2D eigenvalue weighted by Crippen LogP contribution is 2.21. The Hall–Kier alpha value is -2.63. The molecule has 1 aliphatic heterocycles. The molecular formula is C17H18N2O4. The van der Waals surface area contributed by atoms with Crippen LogP contribution in [-0.4, -0.2) is 39.5 Å². The van der Waals surface area contributed by atoms with Crippen LogP contribution < -0.4 is 0 Å². The highest BCUT2D eigenvalue weighted by atomic mass is 16.4. The lowest BCUT2D eigenvalue weighted by molar-refractivity contribution is -0.151. The number of carboxylic acids is 1. The highest BCUT2D eigenvalue weighted by Gasteiger charge is 2.32. The van der Waals surface area contributed by atoms with Gasteiger partial charge in [-0.2, -0.15) is 0 Å². The van der Waals surface area contributed by atoms with E-state index in [1.54, 1.807) is 0 Å². The fraction of sp³-hybridized carbons (Fsp3) is 0.353. The van der Waals surface area contributed by atoms with E-state index in [9.17, 15) is 14.7 Å². The molecular weight excluding hydrogens is 296 g/mol. The Labute approximate surface area is 133 Å². The van der Waals surface area contributed by atoms with Crippen molar-refractivity contribution in [1.29, 1.82) is 0 Å². The summed E-state index contributed by atoms with van der Waals surface area (Å²) in [6.07, 6.45) is 3.70. The van der Waals surface area contributed by atoms with E-state index in [0.29, 0.717) is 24.6 Å². The second-order valence-electron chi connectivity index (χ2n) is 5.62. The topological polar surface area (TPSA) is 83.6 Å². The largest absolute Gasteiger partial charge is 0.480 e. The van der Waals surface area contributed by atoms with E-state index in [1.807, 2.05) is 30.3 Å². The van der Waals surface area contributed by atoms with Gasteiger partial charge in [-0.05, 0) is 31.4 Å². The van der Waals surface area contributed by atoms with Gasteiger partial charge in [0.2, 0.25) is 11.8 Å². The number of carbonyl (C=O) groups is 2. The number of piperidine rings is 1. The molecule has 6 heteroatoms. The van der Waals surface area contributed by atoms with Gasteiger partial charge in [-0.25, -0.2) is 9.78 Å². The second kappa shape index (κ2) is 6.64. The number of benzene rings is 1. The van der Waals surface area contributed by atoms with Crippen LogP contribution in [-0.2, 0) is 16.0 Å². The zero-order chi connectivity index (χ0) is 16.2. The van der Waals surface area contributed by atoms with Gasteiger partial charge in [-0.3, -0.25) is 4.79 Å². The van der Waals surface area contributed by atoms with Gasteiger partial charge in [-0.15, -0.1) is 0 Å². The normalized spacial score (nSPS) is 17.9. The minimum atomic E-state index is -0.942. The van der Waals surface area contributed by atoms with Gasteiger partial charge in [0, 0.05) is 12.1 Å². The molecule has 6 nitrogen and oxygen atoms in total. The fourth-order valence-electron chi connectivity index (χ4n) is 2.84. The van der Waals surface area contributed by atoms with Crippen LogP contribution >= 0.6 is 0 Å². The Kier molecular flexibility index (Phi) is 4.41. The molecule has 1 atom stereocenters. The summed E-state index contributed by atoms with van der Waals surface area (Å²) in [4.78, 5) is 29.5. The fourth-order valence-corrected chi connectivity index (χ4v) is 2.84. The number of nitrogens with zero attached hydrogens (tertiary/aromatic N) is 2. The quantitative estimate of drug-likeness (QED) is 0.936. The Balaban J connectivity index is 1.70. The van der Waals surface area contributed by atoms with Crippen molar-refractivity contribution in [2.24, 2.45) is 0 Å². The highest BCUT2D eigenvalue weighted by molar-refractivity contribution is 5.85. The van der Waals surface area contributed by atoms with E-state index in [1.165, 1.54) is 11.2 Å². The van der Waals surface area contributed by atoms with Crippen LogP contribution in [0.15, 0.2) is 41.0 Å². The third kappa shape index (κ3) is 3.41. The molecule has 0 radical (unpaired) electrons. The number of amides is 1. The number of hydrogen-bond acceptors (Lipinski definition) is 4. The van der Waals surface area contributed by atoms with Crippen LogP contribution in [0.4, 0.5) is 0 Å². The Morgan fingerprint density at radius 3 is 2.78 bits per heavy atom. The molecule has 0 bridgehead atoms. The summed E-state index contributed by atoms with van der Waals surface area (Å²) >= 11 is 0. The van der Waals surface area contributed by atoms with Gasteiger partial charge in [-0.1, -0.05) is 18.2 Å². The molecule has 2 heterocycles. The molecule has 1 fully saturated rings. The predicted molar refractivity (Wildman–Crippen MR) is 82.6 cm³/mol. The molecule has 0 spiro atoms. The van der Waals surface area contributed by atoms with Crippen LogP contribution in [0.1, 0.15) is 25.0 Å². The number of carbonyl (C=O) groups excluding carboxylic acids is 1. The first kappa shape index (κ1) is 15.3. The monoisotopic (exact) mass is 314 g/mol. The van der Waals surface area contributed by atoms with Crippen molar-refractivity contribution in [1.82, 2.24) is 9.88 Å². The molecule has 1 aliphatic rings. The van der Waals surface area contributed by atoms with Crippen LogP contribution in [0, 0.1) is 0 Å². The molecule has 1 N–H and O–H groups in total. The summed E-state index contributed by atoms with van der Waals surface area (Å²) in [5.41, 5.74) is 1.36. The number of aromatic nitrogens is 1. The molecule has 0 saturated carbocycles. The molecule has 23 heavy (non-hydrogen) atoms. The maximum atomic E-state index is 12.4. The molecule has 1 aromatic heterocycles. The summed E-state index contributed by atoms with van der Waals surface area (Å²) in [6, 6.07) is 8.70. The van der Waals surface area contributed by atoms with E-state index >= 15 is 0 Å². The van der Waals surface area contributed by atoms with Crippen molar-refractivity contribution in [3.63, 3.8) is 0 Å². The molecule has 3 rings (SSSR count). The van der Waals surface area contributed by atoms with Crippen molar-refractivity contribution in [3.05, 3.63) is 42.3 Å². The van der Waals surface area contributed by atoms with Crippen molar-refractivity contribution in [3.8, 4) is 11.5 Å². The van der Waals surface area contributed by atoms with E-state index in [-0.39, 0.29) is 12.3 Å². The molecule has 1 amide bonds. The van der Waals surface area contributed by atoms with Crippen LogP contribution in [0.5, 0.6) is 0 Å². The number of aliphatic carboxylic acids is 1. The zero-order valence-electron chi connectivity index (χ0n) is 12.6. The maximum absolute atomic E-state index is 12.4. The van der Waals surface area contributed by atoms with Gasteiger partial charge < -0.3 is 14.4 Å². The van der Waals surface area contributed by atoms with E-state index in [2.05, 4.69) is 4.98 Å². The summed E-state index contributed by atoms with van der Waals surface area (Å²) in [5.74, 6) is -0.699. The first-order valence-corrected chi connectivity index (χ1v) is 7.67. The number of hydrogen-bond donors (Lipinski definition) is 1. The summed E-state index contributed by atoms with van der Waals surface area (Å²) in [5, 5.41) is 9.25. The van der Waals surface area contributed by atoms with E-state index < -0.39 is 12.0 Å². The van der Waals surface area contributed by atoms with Gasteiger partial charge in [0.1, 0.15) is 12.3 Å². The predicted octanol–water partition coefficient (Wildman–Crippen LogP) is 2.35. The Morgan fingerprint density at radius 1 is 1.26 bits per heavy atom. The van der Waals surface area contributed by atoms with Crippen LogP contribution in [0.25, 0.3) is 11.5 Å². The summed E-state index contributed by atoms with van der Waals surface area (Å²) in [6.45, 7) is 0.485. The van der Waals surface area contributed by atoms with Crippen molar-refractivity contribution in [2.45, 2.75) is 31.7 Å². The minimum absolute atomic E-state index is 0.0557. The average molecular weight is 314 g/mol. The Morgan fingerprint density at radius 2 is 2.04 bits per heavy atom. The maximum Gasteiger partial charge on any atom is 0.326 e. The van der Waals surface area contributed by atoms with Gasteiger partial charge >= 0.3 is 5.97 Å². The van der Waals surface area contributed by atoms with Crippen molar-refractivity contribution < 1.29 is 19.1 Å². The Bertz CT molecular complexity index is 696. The van der Waals surface area contributed by atoms with Crippen molar-refractivity contribution >= 4 is 11.9 Å². The zero-order valence-corrected chi connectivity index (χ0v) is 12.6. The second-order valence-corrected chi connectivity index (χ2v) is 5.62. The first-order chi connectivity index (χ1) is 11.1. The molecule has 0 unspecified atom stereocenters. The summed E-state index contributed by atoms with van der Waals surface area (Å²) in [7, 11) is 0.